The number of benzene rings is 6. The first-order valence-corrected chi connectivity index (χ1v) is 27.7. The van der Waals surface area contributed by atoms with Crippen molar-refractivity contribution in [3.8, 4) is 0 Å². The standard InChI is InChI=1S/2C20H24O.2C14H20O/c1-3-20(18-12-8-5-9-13-18)14-19(2,15-21-16-20)17-10-6-4-7-11-17;1-3-19(17-11-7-5-8-12-17)15-21-16-20(19,4-2)18-13-9-6-10-14-18;1-3-14(9-12(2)10-15-11-14)13-7-5-4-6-8-13;1-3-12-10-15-11-14(12,4-2)13-8-6-5-7-9-13/h4-13H,3,14-16H2,1-2H3;5-14H,3-4,15-16H2,1-2H3;4-8,12H,3,9-11H2,1-2H3;5-9,12H,3-4,10-11H2,1-2H3. The molecule has 4 aliphatic heterocycles. The minimum atomic E-state index is 0.0738. The van der Waals surface area contributed by atoms with E-state index in [0.29, 0.717) is 11.8 Å². The molecule has 0 bridgehead atoms. The predicted molar refractivity (Wildman–Crippen MR) is 301 cm³/mol. The summed E-state index contributed by atoms with van der Waals surface area (Å²) in [5, 5.41) is 0. The Morgan fingerprint density at radius 2 is 0.764 bits per heavy atom. The third-order valence-electron chi connectivity index (χ3n) is 18.0. The van der Waals surface area contributed by atoms with Crippen molar-refractivity contribution in [2.75, 3.05) is 52.9 Å². The number of rotatable bonds is 12. The highest BCUT2D eigenvalue weighted by atomic mass is 16.5. The molecular weight excluding hydrogens is 881 g/mol. The van der Waals surface area contributed by atoms with Gasteiger partial charge in [0.1, 0.15) is 0 Å². The van der Waals surface area contributed by atoms with Gasteiger partial charge in [0.15, 0.2) is 0 Å². The zero-order chi connectivity index (χ0) is 51.0. The molecule has 0 radical (unpaired) electrons. The topological polar surface area (TPSA) is 36.9 Å². The summed E-state index contributed by atoms with van der Waals surface area (Å²) in [6, 6.07) is 65.3. The van der Waals surface area contributed by atoms with Crippen LogP contribution in [0.25, 0.3) is 0 Å². The van der Waals surface area contributed by atoms with Crippen LogP contribution < -0.4 is 0 Å². The summed E-state index contributed by atoms with van der Waals surface area (Å²) >= 11 is 0. The zero-order valence-electron chi connectivity index (χ0n) is 45.4. The molecule has 6 aromatic carbocycles. The van der Waals surface area contributed by atoms with Crippen molar-refractivity contribution in [3.05, 3.63) is 215 Å². The Kier molecular flexibility index (Phi) is 19.4. The first-order chi connectivity index (χ1) is 35.1. The van der Waals surface area contributed by atoms with Gasteiger partial charge in [0.25, 0.3) is 0 Å². The molecule has 4 heteroatoms. The zero-order valence-corrected chi connectivity index (χ0v) is 45.4. The van der Waals surface area contributed by atoms with E-state index in [2.05, 4.69) is 237 Å². The number of hydrogen-bond donors (Lipinski definition) is 0. The molecule has 0 saturated carbocycles. The van der Waals surface area contributed by atoms with Crippen molar-refractivity contribution in [3.63, 3.8) is 0 Å². The Labute approximate surface area is 436 Å². The van der Waals surface area contributed by atoms with Gasteiger partial charge in [0.05, 0.1) is 46.2 Å². The van der Waals surface area contributed by atoms with Crippen LogP contribution in [-0.4, -0.2) is 52.9 Å². The van der Waals surface area contributed by atoms with Crippen molar-refractivity contribution in [2.45, 2.75) is 139 Å². The Hall–Kier alpha value is -4.84. The highest BCUT2D eigenvalue weighted by Crippen LogP contribution is 2.53. The predicted octanol–water partition coefficient (Wildman–Crippen LogP) is 16.2. The van der Waals surface area contributed by atoms with Crippen LogP contribution in [-0.2, 0) is 51.4 Å². The summed E-state index contributed by atoms with van der Waals surface area (Å²) in [5.41, 5.74) is 9.43. The maximum Gasteiger partial charge on any atom is 0.0572 e. The van der Waals surface area contributed by atoms with Gasteiger partial charge in [-0.15, -0.1) is 0 Å². The molecule has 4 fully saturated rings. The van der Waals surface area contributed by atoms with Gasteiger partial charge in [0.2, 0.25) is 0 Å². The highest BCUT2D eigenvalue weighted by molar-refractivity contribution is 5.41. The van der Waals surface area contributed by atoms with Gasteiger partial charge in [-0.05, 0) is 90.2 Å². The van der Waals surface area contributed by atoms with Gasteiger partial charge in [-0.3, -0.25) is 0 Å². The van der Waals surface area contributed by atoms with Crippen molar-refractivity contribution in [1.29, 1.82) is 0 Å². The normalized spacial score (nSPS) is 29.8. The lowest BCUT2D eigenvalue weighted by Crippen LogP contribution is -2.47. The molecule has 8 unspecified atom stereocenters. The summed E-state index contributed by atoms with van der Waals surface area (Å²) in [7, 11) is 0. The molecule has 4 heterocycles. The highest BCUT2D eigenvalue weighted by Gasteiger charge is 2.55. The molecular formula is C68H88O4. The van der Waals surface area contributed by atoms with E-state index in [0.717, 1.165) is 78.5 Å². The summed E-state index contributed by atoms with van der Waals surface area (Å²) in [6.07, 6.45) is 9.26. The lowest BCUT2D eigenvalue weighted by Gasteiger charge is -2.46. The number of ether oxygens (including phenoxy) is 4. The van der Waals surface area contributed by atoms with E-state index in [-0.39, 0.29) is 32.5 Å². The maximum absolute atomic E-state index is 6.10. The van der Waals surface area contributed by atoms with Crippen LogP contribution in [0.4, 0.5) is 0 Å². The first-order valence-electron chi connectivity index (χ1n) is 27.7. The Bertz CT molecular complexity index is 2400. The van der Waals surface area contributed by atoms with Gasteiger partial charge in [0, 0.05) is 39.1 Å². The van der Waals surface area contributed by atoms with Crippen LogP contribution in [0.5, 0.6) is 0 Å². The summed E-state index contributed by atoms with van der Waals surface area (Å²) in [4.78, 5) is 0. The van der Waals surface area contributed by atoms with Crippen LogP contribution in [0.3, 0.4) is 0 Å². The smallest absolute Gasteiger partial charge is 0.0572 e. The van der Waals surface area contributed by atoms with E-state index in [9.17, 15) is 0 Å². The molecule has 4 nitrogen and oxygen atoms in total. The second kappa shape index (κ2) is 25.4. The van der Waals surface area contributed by atoms with Gasteiger partial charge in [-0.2, -0.15) is 0 Å². The molecule has 4 saturated heterocycles. The fraction of sp³-hybridized carbons (Fsp3) is 0.471. The molecule has 10 rings (SSSR count). The third kappa shape index (κ3) is 11.6. The van der Waals surface area contributed by atoms with Crippen molar-refractivity contribution >= 4 is 0 Å². The number of hydrogen-bond acceptors (Lipinski definition) is 4. The summed E-state index contributed by atoms with van der Waals surface area (Å²) in [5.74, 6) is 1.36. The monoisotopic (exact) mass is 969 g/mol. The molecule has 0 amide bonds. The minimum Gasteiger partial charge on any atom is -0.380 e. The minimum absolute atomic E-state index is 0.0738. The molecule has 72 heavy (non-hydrogen) atoms. The van der Waals surface area contributed by atoms with E-state index in [1.165, 1.54) is 59.1 Å². The Morgan fingerprint density at radius 3 is 1.18 bits per heavy atom. The third-order valence-corrected chi connectivity index (χ3v) is 18.0. The largest absolute Gasteiger partial charge is 0.380 e. The van der Waals surface area contributed by atoms with Crippen molar-refractivity contribution < 1.29 is 18.9 Å². The lowest BCUT2D eigenvalue weighted by molar-refractivity contribution is -0.0170. The van der Waals surface area contributed by atoms with E-state index in [1.54, 1.807) is 0 Å². The molecule has 0 aromatic heterocycles. The molecule has 8 atom stereocenters. The van der Waals surface area contributed by atoms with E-state index < -0.39 is 0 Å². The van der Waals surface area contributed by atoms with Crippen molar-refractivity contribution in [1.82, 2.24) is 0 Å². The SMILES string of the molecule is CCC1(c2ccccc2)COCC(C)(c2ccccc2)C1.CCC1(c2ccccc2)COCC(C)C1.CCC1(c2ccccc2)COCC1(CC)c1ccccc1.CCC1COCC1(CC)c1ccccc1. The van der Waals surface area contributed by atoms with E-state index in [4.69, 9.17) is 18.9 Å². The molecule has 6 aromatic rings. The van der Waals surface area contributed by atoms with Crippen LogP contribution in [0.1, 0.15) is 140 Å². The molecule has 384 valence electrons. The van der Waals surface area contributed by atoms with Gasteiger partial charge in [-0.25, -0.2) is 0 Å². The Balaban J connectivity index is 0.000000143. The Morgan fingerprint density at radius 1 is 0.375 bits per heavy atom. The average molecular weight is 969 g/mol. The summed E-state index contributed by atoms with van der Waals surface area (Å²) < 4.78 is 23.6. The van der Waals surface area contributed by atoms with E-state index >= 15 is 0 Å². The quantitative estimate of drug-likeness (QED) is 0.122. The van der Waals surface area contributed by atoms with Crippen LogP contribution in [0, 0.1) is 11.8 Å². The van der Waals surface area contributed by atoms with Gasteiger partial charge < -0.3 is 18.9 Å². The van der Waals surface area contributed by atoms with E-state index in [1.807, 2.05) is 0 Å². The van der Waals surface area contributed by atoms with Crippen LogP contribution in [0.15, 0.2) is 182 Å². The maximum atomic E-state index is 6.10. The molecule has 0 spiro atoms. The van der Waals surface area contributed by atoms with Gasteiger partial charge >= 0.3 is 0 Å². The second-order valence-electron chi connectivity index (χ2n) is 22.0. The fourth-order valence-corrected chi connectivity index (χ4v) is 13.5. The molecule has 4 aliphatic rings. The fourth-order valence-electron chi connectivity index (χ4n) is 13.5. The van der Waals surface area contributed by atoms with Gasteiger partial charge in [-0.1, -0.05) is 244 Å². The van der Waals surface area contributed by atoms with Crippen molar-refractivity contribution in [2.24, 2.45) is 11.8 Å². The average Bonchev–Trinajstić information content (AvgIpc) is 4.08. The second-order valence-corrected chi connectivity index (χ2v) is 22.0. The molecule has 0 aliphatic carbocycles. The first kappa shape index (κ1) is 54.9. The van der Waals surface area contributed by atoms with Crippen LogP contribution >= 0.6 is 0 Å². The lowest BCUT2D eigenvalue weighted by atomic mass is 9.56. The van der Waals surface area contributed by atoms with Crippen LogP contribution in [0.2, 0.25) is 0 Å². The summed E-state index contributed by atoms with van der Waals surface area (Å²) in [6.45, 7) is 25.2. The molecule has 0 N–H and O–H groups in total.